The van der Waals surface area contributed by atoms with Crippen LogP contribution in [0.5, 0.6) is 0 Å². The van der Waals surface area contributed by atoms with Gasteiger partial charge in [-0.05, 0) is 43.9 Å². The van der Waals surface area contributed by atoms with Gasteiger partial charge in [0.2, 0.25) is 5.91 Å². The molecular weight excluding hydrogens is 278 g/mol. The van der Waals surface area contributed by atoms with E-state index in [1.54, 1.807) is 6.92 Å². The predicted octanol–water partition coefficient (Wildman–Crippen LogP) is 3.99. The Morgan fingerprint density at radius 1 is 1.27 bits per heavy atom. The fourth-order valence-corrected chi connectivity index (χ4v) is 3.32. The normalized spacial score (nSPS) is 26.7. The van der Waals surface area contributed by atoms with E-state index in [4.69, 9.17) is 5.11 Å². The molecular formula is C18H33NO3. The summed E-state index contributed by atoms with van der Waals surface area (Å²) in [7, 11) is 0. The molecule has 0 aromatic carbocycles. The monoisotopic (exact) mass is 311 g/mol. The van der Waals surface area contributed by atoms with Gasteiger partial charge in [-0.1, -0.05) is 47.0 Å². The molecule has 0 spiro atoms. The van der Waals surface area contributed by atoms with Crippen LogP contribution in [0.3, 0.4) is 0 Å². The molecule has 0 aliphatic heterocycles. The maximum atomic E-state index is 12.4. The summed E-state index contributed by atoms with van der Waals surface area (Å²) in [6.07, 6.45) is 8.19. The number of hydrogen-bond acceptors (Lipinski definition) is 2. The molecule has 1 atom stereocenters. The smallest absolute Gasteiger partial charge is 0.326 e. The zero-order valence-electron chi connectivity index (χ0n) is 14.7. The molecule has 0 saturated heterocycles. The van der Waals surface area contributed by atoms with Gasteiger partial charge in [-0.25, -0.2) is 4.79 Å². The Balaban J connectivity index is 2.43. The topological polar surface area (TPSA) is 66.4 Å². The Bertz CT molecular complexity index is 371. The van der Waals surface area contributed by atoms with Gasteiger partial charge in [0.15, 0.2) is 0 Å². The summed E-state index contributed by atoms with van der Waals surface area (Å²) in [5.41, 5.74) is -0.391. The highest BCUT2D eigenvalue weighted by Gasteiger charge is 2.38. The van der Waals surface area contributed by atoms with E-state index < -0.39 is 17.4 Å². The number of rotatable bonds is 8. The first-order valence-corrected chi connectivity index (χ1v) is 8.82. The highest BCUT2D eigenvalue weighted by atomic mass is 16.4. The van der Waals surface area contributed by atoms with Gasteiger partial charge in [-0.15, -0.1) is 0 Å². The maximum absolute atomic E-state index is 12.4. The Labute approximate surface area is 135 Å². The van der Waals surface area contributed by atoms with Crippen LogP contribution in [0.15, 0.2) is 0 Å². The van der Waals surface area contributed by atoms with E-state index in [2.05, 4.69) is 19.2 Å². The van der Waals surface area contributed by atoms with Gasteiger partial charge in [-0.3, -0.25) is 4.79 Å². The van der Waals surface area contributed by atoms with Crippen LogP contribution in [0.1, 0.15) is 79.1 Å². The zero-order chi connectivity index (χ0) is 16.8. The average molecular weight is 311 g/mol. The molecule has 1 aliphatic rings. The molecule has 1 saturated carbocycles. The Morgan fingerprint density at radius 3 is 2.32 bits per heavy atom. The van der Waals surface area contributed by atoms with Gasteiger partial charge in [0.1, 0.15) is 6.04 Å². The first-order valence-electron chi connectivity index (χ1n) is 8.82. The first-order chi connectivity index (χ1) is 10.3. The fraction of sp³-hybridized carbons (Fsp3) is 0.889. The van der Waals surface area contributed by atoms with Crippen LogP contribution >= 0.6 is 0 Å². The summed E-state index contributed by atoms with van der Waals surface area (Å²) >= 11 is 0. The Morgan fingerprint density at radius 2 is 1.86 bits per heavy atom. The van der Waals surface area contributed by atoms with Gasteiger partial charge in [0.25, 0.3) is 0 Å². The van der Waals surface area contributed by atoms with Crippen molar-refractivity contribution in [1.29, 1.82) is 0 Å². The lowest BCUT2D eigenvalue weighted by Gasteiger charge is -2.36. The Hall–Kier alpha value is -1.06. The summed E-state index contributed by atoms with van der Waals surface area (Å²) in [6.45, 7) is 8.29. The molecule has 1 amide bonds. The van der Waals surface area contributed by atoms with E-state index in [9.17, 15) is 9.59 Å². The van der Waals surface area contributed by atoms with Gasteiger partial charge in [0.05, 0.1) is 0 Å². The van der Waals surface area contributed by atoms with E-state index in [-0.39, 0.29) is 5.91 Å². The molecule has 4 heteroatoms. The lowest BCUT2D eigenvalue weighted by Crippen LogP contribution is -2.48. The van der Waals surface area contributed by atoms with Crippen LogP contribution in [-0.2, 0) is 9.59 Å². The highest BCUT2D eigenvalue weighted by molar-refractivity contribution is 5.87. The second-order valence-corrected chi connectivity index (χ2v) is 7.60. The number of carboxylic acids is 1. The summed E-state index contributed by atoms with van der Waals surface area (Å²) in [4.78, 5) is 23.5. The fourth-order valence-electron chi connectivity index (χ4n) is 3.32. The minimum atomic E-state index is -0.943. The summed E-state index contributed by atoms with van der Waals surface area (Å²) in [5, 5.41) is 11.8. The lowest BCUT2D eigenvalue weighted by atomic mass is 9.70. The molecule has 22 heavy (non-hydrogen) atoms. The van der Waals surface area contributed by atoms with E-state index in [1.807, 2.05) is 6.92 Å². The SMILES string of the molecule is CCC(NC(=O)[C@]1(C)CC[C@@H](CCCC(C)C)CC1)C(=O)O. The van der Waals surface area contributed by atoms with Crippen molar-refractivity contribution < 1.29 is 14.7 Å². The second kappa shape index (κ2) is 8.54. The van der Waals surface area contributed by atoms with Crippen LogP contribution < -0.4 is 5.32 Å². The van der Waals surface area contributed by atoms with Crippen LogP contribution in [0.2, 0.25) is 0 Å². The molecule has 0 aromatic heterocycles. The van der Waals surface area contributed by atoms with E-state index in [0.717, 1.165) is 37.5 Å². The highest BCUT2D eigenvalue weighted by Crippen LogP contribution is 2.40. The number of carbonyl (C=O) groups excluding carboxylic acids is 1. The second-order valence-electron chi connectivity index (χ2n) is 7.60. The van der Waals surface area contributed by atoms with Crippen molar-refractivity contribution in [2.24, 2.45) is 17.3 Å². The zero-order valence-corrected chi connectivity index (χ0v) is 14.7. The van der Waals surface area contributed by atoms with Crippen molar-refractivity contribution in [2.45, 2.75) is 85.1 Å². The van der Waals surface area contributed by atoms with Crippen molar-refractivity contribution in [1.82, 2.24) is 5.32 Å². The summed E-state index contributed by atoms with van der Waals surface area (Å²) < 4.78 is 0. The van der Waals surface area contributed by atoms with E-state index >= 15 is 0 Å². The van der Waals surface area contributed by atoms with Gasteiger partial charge < -0.3 is 10.4 Å². The third-order valence-electron chi connectivity index (χ3n) is 5.16. The molecule has 2 N–H and O–H groups in total. The molecule has 1 unspecified atom stereocenters. The average Bonchev–Trinajstić information content (AvgIpc) is 2.46. The van der Waals surface area contributed by atoms with Crippen molar-refractivity contribution in [3.8, 4) is 0 Å². The van der Waals surface area contributed by atoms with Crippen molar-refractivity contribution >= 4 is 11.9 Å². The van der Waals surface area contributed by atoms with Gasteiger partial charge in [-0.2, -0.15) is 0 Å². The largest absolute Gasteiger partial charge is 0.480 e. The minimum absolute atomic E-state index is 0.0811. The maximum Gasteiger partial charge on any atom is 0.326 e. The molecule has 0 bridgehead atoms. The van der Waals surface area contributed by atoms with E-state index in [1.165, 1.54) is 19.3 Å². The molecule has 1 aliphatic carbocycles. The molecule has 0 heterocycles. The molecule has 1 rings (SSSR count). The number of carboxylic acid groups (broad SMARTS) is 1. The van der Waals surface area contributed by atoms with Crippen LogP contribution in [0, 0.1) is 17.3 Å². The molecule has 1 fully saturated rings. The van der Waals surface area contributed by atoms with Crippen LogP contribution in [-0.4, -0.2) is 23.0 Å². The number of nitrogens with one attached hydrogen (secondary N) is 1. The number of aliphatic carboxylic acids is 1. The van der Waals surface area contributed by atoms with Crippen LogP contribution in [0.25, 0.3) is 0 Å². The van der Waals surface area contributed by atoms with Crippen molar-refractivity contribution in [2.75, 3.05) is 0 Å². The van der Waals surface area contributed by atoms with Crippen molar-refractivity contribution in [3.05, 3.63) is 0 Å². The van der Waals surface area contributed by atoms with Crippen molar-refractivity contribution in [3.63, 3.8) is 0 Å². The number of amides is 1. The number of hydrogen-bond donors (Lipinski definition) is 2. The molecule has 4 nitrogen and oxygen atoms in total. The summed E-state index contributed by atoms with van der Waals surface area (Å²) in [6, 6.07) is -0.756. The summed E-state index contributed by atoms with van der Waals surface area (Å²) in [5.74, 6) is 0.479. The molecule has 0 radical (unpaired) electrons. The number of carbonyl (C=O) groups is 2. The molecule has 0 aromatic rings. The van der Waals surface area contributed by atoms with Crippen LogP contribution in [0.4, 0.5) is 0 Å². The minimum Gasteiger partial charge on any atom is -0.480 e. The van der Waals surface area contributed by atoms with Gasteiger partial charge >= 0.3 is 5.97 Å². The third kappa shape index (κ3) is 5.62. The van der Waals surface area contributed by atoms with Gasteiger partial charge in [0, 0.05) is 5.41 Å². The predicted molar refractivity (Wildman–Crippen MR) is 88.6 cm³/mol. The first kappa shape index (κ1) is 19.0. The molecule has 128 valence electrons. The standard InChI is InChI=1S/C18H33NO3/c1-5-15(16(20)21)19-17(22)18(4)11-9-14(10-12-18)8-6-7-13(2)3/h13-15H,5-12H2,1-4H3,(H,19,22)(H,20,21)/t14-,15?,18-. The van der Waals surface area contributed by atoms with E-state index in [0.29, 0.717) is 6.42 Å². The quantitative estimate of drug-likeness (QED) is 0.712. The lowest BCUT2D eigenvalue weighted by molar-refractivity contribution is -0.144. The Kier molecular flexibility index (Phi) is 7.37. The third-order valence-corrected chi connectivity index (χ3v) is 5.16.